The van der Waals surface area contributed by atoms with E-state index in [1.807, 2.05) is 52.0 Å². The van der Waals surface area contributed by atoms with E-state index < -0.39 is 5.60 Å². The minimum Gasteiger partial charge on any atom is -0.457 e. The fourth-order valence-corrected chi connectivity index (χ4v) is 5.07. The fourth-order valence-electron chi connectivity index (χ4n) is 5.07. The fraction of sp³-hybridized carbons (Fsp3) is 0.344. The van der Waals surface area contributed by atoms with Crippen LogP contribution in [-0.4, -0.2) is 39.2 Å². The molecule has 3 aromatic carbocycles. The van der Waals surface area contributed by atoms with Crippen molar-refractivity contribution in [2.75, 3.05) is 13.1 Å². The van der Waals surface area contributed by atoms with Crippen molar-refractivity contribution in [3.8, 4) is 22.9 Å². The number of fused-ring (bicyclic) bond motifs is 1. The Kier molecular flexibility index (Phi) is 7.61. The number of rotatable bonds is 5. The van der Waals surface area contributed by atoms with Gasteiger partial charge in [0.05, 0.1) is 10.9 Å². The van der Waals surface area contributed by atoms with E-state index in [0.717, 1.165) is 24.0 Å². The number of aryl methyl sites for hydroxylation is 1. The highest BCUT2D eigenvalue weighted by Crippen LogP contribution is 2.28. The lowest BCUT2D eigenvalue weighted by Gasteiger charge is -2.34. The van der Waals surface area contributed by atoms with Crippen LogP contribution in [0, 0.1) is 18.7 Å². The van der Waals surface area contributed by atoms with Crippen LogP contribution in [0.1, 0.15) is 39.2 Å². The number of piperidine rings is 1. The van der Waals surface area contributed by atoms with Crippen molar-refractivity contribution in [3.05, 3.63) is 88.5 Å². The van der Waals surface area contributed by atoms with Crippen LogP contribution in [0.25, 0.3) is 22.3 Å². The summed E-state index contributed by atoms with van der Waals surface area (Å²) < 4.78 is 26.6. The molecule has 1 amide bonds. The van der Waals surface area contributed by atoms with Gasteiger partial charge in [-0.15, -0.1) is 0 Å². The first-order valence-electron chi connectivity index (χ1n) is 13.6. The number of hydrogen-bond acceptors (Lipinski definition) is 5. The largest absolute Gasteiger partial charge is 0.457 e. The van der Waals surface area contributed by atoms with Gasteiger partial charge in [-0.05, 0) is 94.5 Å². The molecule has 1 aliphatic heterocycles. The molecule has 1 aliphatic rings. The third-order valence-electron chi connectivity index (χ3n) is 6.97. The van der Waals surface area contributed by atoms with Gasteiger partial charge in [-0.1, -0.05) is 24.3 Å². The van der Waals surface area contributed by atoms with E-state index in [4.69, 9.17) is 14.5 Å². The first-order valence-corrected chi connectivity index (χ1v) is 13.6. The summed E-state index contributed by atoms with van der Waals surface area (Å²) in [5, 5.41) is 0.428. The van der Waals surface area contributed by atoms with Gasteiger partial charge in [0.1, 0.15) is 28.7 Å². The summed E-state index contributed by atoms with van der Waals surface area (Å²) in [6, 6.07) is 18.8. The molecule has 0 N–H and O–H groups in total. The van der Waals surface area contributed by atoms with Crippen molar-refractivity contribution in [2.45, 2.75) is 52.7 Å². The number of ether oxygens (including phenoxy) is 2. The second kappa shape index (κ2) is 11.1. The van der Waals surface area contributed by atoms with E-state index >= 15 is 0 Å². The highest BCUT2D eigenvalue weighted by Gasteiger charge is 2.29. The van der Waals surface area contributed by atoms with E-state index in [-0.39, 0.29) is 23.4 Å². The number of carbonyl (C=O) groups is 1. The van der Waals surface area contributed by atoms with Gasteiger partial charge in [0.25, 0.3) is 5.56 Å². The lowest BCUT2D eigenvalue weighted by Crippen LogP contribution is -2.44. The Hall–Kier alpha value is -4.20. The Morgan fingerprint density at radius 2 is 1.77 bits per heavy atom. The van der Waals surface area contributed by atoms with Gasteiger partial charge in [-0.2, -0.15) is 0 Å². The first-order chi connectivity index (χ1) is 19.1. The van der Waals surface area contributed by atoms with E-state index in [0.29, 0.717) is 47.9 Å². The molecule has 0 radical (unpaired) electrons. The predicted molar refractivity (Wildman–Crippen MR) is 153 cm³/mol. The number of amides is 1. The molecule has 5 rings (SSSR count). The number of hydrogen-bond donors (Lipinski definition) is 0. The van der Waals surface area contributed by atoms with Gasteiger partial charge in [0, 0.05) is 25.2 Å². The Morgan fingerprint density at radius 1 is 1.05 bits per heavy atom. The lowest BCUT2D eigenvalue weighted by atomic mass is 9.97. The predicted octanol–water partition coefficient (Wildman–Crippen LogP) is 6.95. The Bertz CT molecular complexity index is 1590. The van der Waals surface area contributed by atoms with Gasteiger partial charge < -0.3 is 14.4 Å². The van der Waals surface area contributed by atoms with Crippen molar-refractivity contribution in [1.82, 2.24) is 14.5 Å². The number of carbonyl (C=O) groups excluding carboxylic acids is 1. The average Bonchev–Trinajstić information content (AvgIpc) is 2.91. The molecular weight excluding hydrogens is 509 g/mol. The van der Waals surface area contributed by atoms with Crippen LogP contribution < -0.4 is 10.3 Å². The van der Waals surface area contributed by atoms with Crippen molar-refractivity contribution in [3.63, 3.8) is 0 Å². The van der Waals surface area contributed by atoms with E-state index in [9.17, 15) is 14.0 Å². The van der Waals surface area contributed by atoms with Crippen molar-refractivity contribution in [2.24, 2.45) is 5.92 Å². The number of nitrogens with zero attached hydrogens (tertiary/aromatic N) is 3. The topological polar surface area (TPSA) is 73.7 Å². The molecular formula is C32H34FN3O4. The lowest BCUT2D eigenvalue weighted by molar-refractivity contribution is 0.0157. The zero-order valence-corrected chi connectivity index (χ0v) is 23.3. The zero-order chi connectivity index (χ0) is 28.4. The molecule has 40 heavy (non-hydrogen) atoms. The maximum Gasteiger partial charge on any atom is 0.410 e. The number of benzene rings is 3. The minimum atomic E-state index is -0.574. The highest BCUT2D eigenvalue weighted by atomic mass is 19.1. The summed E-state index contributed by atoms with van der Waals surface area (Å²) in [4.78, 5) is 33.5. The summed E-state index contributed by atoms with van der Waals surface area (Å²) >= 11 is 0. The molecule has 0 bridgehead atoms. The maximum absolute atomic E-state index is 14.1. The molecule has 4 aromatic rings. The molecule has 1 atom stereocenters. The van der Waals surface area contributed by atoms with Crippen LogP contribution in [0.15, 0.2) is 71.5 Å². The summed E-state index contributed by atoms with van der Waals surface area (Å²) in [5.74, 6) is 1.23. The second-order valence-electron chi connectivity index (χ2n) is 11.3. The molecule has 0 aliphatic carbocycles. The van der Waals surface area contributed by atoms with Crippen LogP contribution >= 0.6 is 0 Å². The van der Waals surface area contributed by atoms with E-state index in [1.165, 1.54) is 24.3 Å². The minimum absolute atomic E-state index is 0.0552. The maximum atomic E-state index is 14.1. The number of likely N-dealkylation sites (tertiary alicyclic amines) is 1. The number of aromatic nitrogens is 2. The molecule has 7 nitrogen and oxygen atoms in total. The van der Waals surface area contributed by atoms with Crippen molar-refractivity contribution >= 4 is 17.0 Å². The van der Waals surface area contributed by atoms with Crippen LogP contribution in [-0.2, 0) is 11.3 Å². The van der Waals surface area contributed by atoms with Crippen LogP contribution in [0.2, 0.25) is 0 Å². The van der Waals surface area contributed by atoms with Gasteiger partial charge in [-0.25, -0.2) is 14.2 Å². The monoisotopic (exact) mass is 543 g/mol. The standard InChI is InChI=1S/C32H34FN3O4/c1-21-8-5-6-10-26(21)29-34-28-16-15-25(39-24-13-11-23(33)12-14-24)18-27(28)30(37)36(29)20-22-9-7-17-35(19-22)31(38)40-32(2,3)4/h5-6,8,10-16,18,22H,7,9,17,19-20H2,1-4H3. The average molecular weight is 544 g/mol. The van der Waals surface area contributed by atoms with Crippen LogP contribution in [0.3, 0.4) is 0 Å². The van der Waals surface area contributed by atoms with Gasteiger partial charge in [0.2, 0.25) is 0 Å². The number of halogens is 1. The molecule has 1 aromatic heterocycles. The van der Waals surface area contributed by atoms with Gasteiger partial charge in [0.15, 0.2) is 0 Å². The van der Waals surface area contributed by atoms with E-state index in [2.05, 4.69) is 0 Å². The Labute approximate surface area is 233 Å². The van der Waals surface area contributed by atoms with Gasteiger partial charge in [-0.3, -0.25) is 9.36 Å². The molecule has 0 spiro atoms. The molecule has 8 heteroatoms. The van der Waals surface area contributed by atoms with Gasteiger partial charge >= 0.3 is 6.09 Å². The quantitative estimate of drug-likeness (QED) is 0.272. The summed E-state index contributed by atoms with van der Waals surface area (Å²) in [5.41, 5.74) is 1.70. The zero-order valence-electron chi connectivity index (χ0n) is 23.3. The molecule has 1 saturated heterocycles. The summed E-state index contributed by atoms with van der Waals surface area (Å²) in [7, 11) is 0. The molecule has 1 fully saturated rings. The molecule has 208 valence electrons. The second-order valence-corrected chi connectivity index (χ2v) is 11.3. The van der Waals surface area contributed by atoms with E-state index in [1.54, 1.807) is 27.7 Å². The molecule has 0 saturated carbocycles. The van der Waals surface area contributed by atoms with Crippen molar-refractivity contribution < 1.29 is 18.7 Å². The SMILES string of the molecule is Cc1ccccc1-c1nc2ccc(Oc3ccc(F)cc3)cc2c(=O)n1CC1CCCN(C(=O)OC(C)(C)C)C1. The smallest absolute Gasteiger partial charge is 0.410 e. The Balaban J connectivity index is 1.52. The third kappa shape index (κ3) is 6.17. The highest BCUT2D eigenvalue weighted by molar-refractivity contribution is 5.81. The first kappa shape index (κ1) is 27.4. The molecule has 2 heterocycles. The normalized spacial score (nSPS) is 15.7. The van der Waals surface area contributed by atoms with Crippen molar-refractivity contribution in [1.29, 1.82) is 0 Å². The Morgan fingerprint density at radius 3 is 2.50 bits per heavy atom. The van der Waals surface area contributed by atoms with Crippen LogP contribution in [0.5, 0.6) is 11.5 Å². The molecule has 1 unspecified atom stereocenters. The summed E-state index contributed by atoms with van der Waals surface area (Å²) in [6.07, 6.45) is 1.38. The third-order valence-corrected chi connectivity index (χ3v) is 6.97. The van der Waals surface area contributed by atoms with Crippen LogP contribution in [0.4, 0.5) is 9.18 Å². The summed E-state index contributed by atoms with van der Waals surface area (Å²) in [6.45, 7) is 9.11.